The molecular weight excluding hydrogens is 304 g/mol. The van der Waals surface area contributed by atoms with E-state index in [4.69, 9.17) is 10.5 Å². The molecule has 0 amide bonds. The van der Waals surface area contributed by atoms with Crippen LogP contribution < -0.4 is 10.5 Å². The van der Waals surface area contributed by atoms with Gasteiger partial charge in [0.15, 0.2) is 0 Å². The first kappa shape index (κ1) is 14.8. The number of halogens is 1. The van der Waals surface area contributed by atoms with Crippen LogP contribution in [0.2, 0.25) is 0 Å². The van der Waals surface area contributed by atoms with Gasteiger partial charge in [-0.3, -0.25) is 4.90 Å². The lowest BCUT2D eigenvalue weighted by molar-refractivity contribution is 0.0892. The smallest absolute Gasteiger partial charge is 0.123 e. The average molecular weight is 327 g/mol. The second kappa shape index (κ2) is 5.81. The lowest BCUT2D eigenvalue weighted by atomic mass is 9.79. The molecule has 0 aliphatic carbocycles. The zero-order valence-electron chi connectivity index (χ0n) is 11.9. The second-order valence-corrected chi connectivity index (χ2v) is 6.97. The van der Waals surface area contributed by atoms with E-state index in [9.17, 15) is 0 Å². The van der Waals surface area contributed by atoms with Crippen LogP contribution in [-0.2, 0) is 6.54 Å². The summed E-state index contributed by atoms with van der Waals surface area (Å²) in [5.41, 5.74) is 7.59. The number of likely N-dealkylation sites (tertiary alicyclic amines) is 1. The summed E-state index contributed by atoms with van der Waals surface area (Å²) in [5, 5.41) is 0. The number of hydrogen-bond acceptors (Lipinski definition) is 3. The molecule has 1 unspecified atom stereocenters. The number of ether oxygens (including phenoxy) is 1. The fourth-order valence-corrected chi connectivity index (χ4v) is 3.14. The summed E-state index contributed by atoms with van der Waals surface area (Å²) in [6.45, 7) is 7.51. The van der Waals surface area contributed by atoms with Gasteiger partial charge >= 0.3 is 0 Å². The van der Waals surface area contributed by atoms with Gasteiger partial charge in [-0.15, -0.1) is 0 Å². The van der Waals surface area contributed by atoms with E-state index in [0.717, 1.165) is 36.3 Å². The highest BCUT2D eigenvalue weighted by molar-refractivity contribution is 9.10. The summed E-state index contributed by atoms with van der Waals surface area (Å²) in [4.78, 5) is 2.47. The topological polar surface area (TPSA) is 38.5 Å². The molecule has 2 N–H and O–H groups in total. The second-order valence-electron chi connectivity index (χ2n) is 6.05. The zero-order valence-corrected chi connectivity index (χ0v) is 13.5. The summed E-state index contributed by atoms with van der Waals surface area (Å²) in [6, 6.07) is 6.46. The van der Waals surface area contributed by atoms with Crippen LogP contribution in [0.3, 0.4) is 0 Å². The molecular formula is C15H23BrN2O. The number of nitrogens with two attached hydrogens (primary N) is 1. The molecule has 1 aromatic carbocycles. The lowest BCUT2D eigenvalue weighted by Crippen LogP contribution is -2.52. The normalized spacial score (nSPS) is 23.3. The first-order chi connectivity index (χ1) is 8.92. The minimum atomic E-state index is 0.178. The molecule has 0 radical (unpaired) electrons. The highest BCUT2D eigenvalue weighted by Gasteiger charge is 2.33. The molecule has 0 bridgehead atoms. The lowest BCUT2D eigenvalue weighted by Gasteiger charge is -2.42. The van der Waals surface area contributed by atoms with Gasteiger partial charge in [0.05, 0.1) is 7.11 Å². The Hall–Kier alpha value is -0.580. The van der Waals surface area contributed by atoms with Crippen molar-refractivity contribution in [2.24, 2.45) is 11.1 Å². The maximum absolute atomic E-state index is 6.19. The van der Waals surface area contributed by atoms with Gasteiger partial charge in [-0.1, -0.05) is 29.8 Å². The monoisotopic (exact) mass is 326 g/mol. The van der Waals surface area contributed by atoms with Gasteiger partial charge < -0.3 is 10.5 Å². The molecule has 3 nitrogen and oxygen atoms in total. The number of piperidine rings is 1. The average Bonchev–Trinajstić information content (AvgIpc) is 2.34. The molecule has 19 heavy (non-hydrogen) atoms. The van der Waals surface area contributed by atoms with Gasteiger partial charge in [0.25, 0.3) is 0 Å². The van der Waals surface area contributed by atoms with E-state index in [0.29, 0.717) is 6.04 Å². The van der Waals surface area contributed by atoms with Crippen molar-refractivity contribution in [2.75, 3.05) is 20.2 Å². The van der Waals surface area contributed by atoms with Gasteiger partial charge in [-0.2, -0.15) is 0 Å². The Labute approximate surface area is 124 Å². The zero-order chi connectivity index (χ0) is 14.0. The third-order valence-electron chi connectivity index (χ3n) is 4.03. The third kappa shape index (κ3) is 3.50. The summed E-state index contributed by atoms with van der Waals surface area (Å²) in [5.74, 6) is 0.955. The molecule has 0 saturated carbocycles. The Morgan fingerprint density at radius 1 is 1.47 bits per heavy atom. The number of methoxy groups -OCH3 is 1. The maximum atomic E-state index is 6.19. The molecule has 4 heteroatoms. The van der Waals surface area contributed by atoms with Crippen LogP contribution in [-0.4, -0.2) is 31.1 Å². The summed E-state index contributed by atoms with van der Waals surface area (Å²) in [6.07, 6.45) is 1.06. The van der Waals surface area contributed by atoms with Crippen LogP contribution in [0.5, 0.6) is 5.75 Å². The van der Waals surface area contributed by atoms with E-state index in [1.165, 1.54) is 5.56 Å². The Bertz CT molecular complexity index is 448. The standard InChI is InChI=1S/C15H23BrN2O/c1-15(2)10-18(7-6-14(15)17)9-11-8-12(16)4-5-13(11)19-3/h4-5,8,14H,6-7,9-10,17H2,1-3H3. The van der Waals surface area contributed by atoms with Crippen LogP contribution >= 0.6 is 15.9 Å². The molecule has 0 aromatic heterocycles. The number of nitrogens with zero attached hydrogens (tertiary/aromatic N) is 1. The first-order valence-corrected chi connectivity index (χ1v) is 7.52. The van der Waals surface area contributed by atoms with Crippen molar-refractivity contribution in [1.29, 1.82) is 0 Å². The molecule has 0 spiro atoms. The fourth-order valence-electron chi connectivity index (χ4n) is 2.73. The van der Waals surface area contributed by atoms with E-state index >= 15 is 0 Å². The van der Waals surface area contributed by atoms with Crippen molar-refractivity contribution in [1.82, 2.24) is 4.90 Å². The van der Waals surface area contributed by atoms with Crippen LogP contribution in [0, 0.1) is 5.41 Å². The molecule has 1 aliphatic heterocycles. The predicted octanol–water partition coefficient (Wildman–Crippen LogP) is 3.02. The molecule has 106 valence electrons. The quantitative estimate of drug-likeness (QED) is 0.927. The SMILES string of the molecule is COc1ccc(Br)cc1CN1CCC(N)C(C)(C)C1. The van der Waals surface area contributed by atoms with Crippen LogP contribution in [0.15, 0.2) is 22.7 Å². The molecule has 1 aliphatic rings. The fraction of sp³-hybridized carbons (Fsp3) is 0.600. The molecule has 1 atom stereocenters. The molecule has 1 aromatic rings. The highest BCUT2D eigenvalue weighted by Crippen LogP contribution is 2.30. The van der Waals surface area contributed by atoms with Crippen molar-refractivity contribution in [2.45, 2.75) is 32.9 Å². The van der Waals surface area contributed by atoms with Gasteiger partial charge in [0.1, 0.15) is 5.75 Å². The first-order valence-electron chi connectivity index (χ1n) is 6.73. The van der Waals surface area contributed by atoms with Gasteiger partial charge in [-0.25, -0.2) is 0 Å². The molecule has 1 heterocycles. The van der Waals surface area contributed by atoms with Gasteiger partial charge in [-0.05, 0) is 30.0 Å². The van der Waals surface area contributed by atoms with Gasteiger partial charge in [0.2, 0.25) is 0 Å². The number of hydrogen-bond donors (Lipinski definition) is 1. The van der Waals surface area contributed by atoms with Gasteiger partial charge in [0, 0.05) is 35.7 Å². The van der Waals surface area contributed by atoms with Crippen molar-refractivity contribution >= 4 is 15.9 Å². The van der Waals surface area contributed by atoms with Crippen molar-refractivity contribution in [3.05, 3.63) is 28.2 Å². The summed E-state index contributed by atoms with van der Waals surface area (Å²) < 4.78 is 6.54. The minimum Gasteiger partial charge on any atom is -0.496 e. The highest BCUT2D eigenvalue weighted by atomic mass is 79.9. The minimum absolute atomic E-state index is 0.178. The van der Waals surface area contributed by atoms with E-state index in [1.54, 1.807) is 7.11 Å². The molecule has 2 rings (SSSR count). The van der Waals surface area contributed by atoms with Crippen LogP contribution in [0.1, 0.15) is 25.8 Å². The Morgan fingerprint density at radius 3 is 2.84 bits per heavy atom. The van der Waals surface area contributed by atoms with Crippen LogP contribution in [0.4, 0.5) is 0 Å². The maximum Gasteiger partial charge on any atom is 0.123 e. The number of benzene rings is 1. The Morgan fingerprint density at radius 2 is 2.21 bits per heavy atom. The van der Waals surface area contributed by atoms with E-state index in [-0.39, 0.29) is 5.41 Å². The van der Waals surface area contributed by atoms with Crippen molar-refractivity contribution in [3.63, 3.8) is 0 Å². The molecule has 1 saturated heterocycles. The Kier molecular flexibility index (Phi) is 4.54. The van der Waals surface area contributed by atoms with E-state index < -0.39 is 0 Å². The summed E-state index contributed by atoms with van der Waals surface area (Å²) in [7, 11) is 1.72. The predicted molar refractivity (Wildman–Crippen MR) is 82.3 cm³/mol. The molecule has 1 fully saturated rings. The number of rotatable bonds is 3. The Balaban J connectivity index is 2.11. The van der Waals surface area contributed by atoms with E-state index in [2.05, 4.69) is 40.7 Å². The largest absolute Gasteiger partial charge is 0.496 e. The van der Waals surface area contributed by atoms with E-state index in [1.807, 2.05) is 12.1 Å². The summed E-state index contributed by atoms with van der Waals surface area (Å²) >= 11 is 3.53. The van der Waals surface area contributed by atoms with Crippen molar-refractivity contribution < 1.29 is 4.74 Å². The van der Waals surface area contributed by atoms with Crippen LogP contribution in [0.25, 0.3) is 0 Å². The van der Waals surface area contributed by atoms with Crippen molar-refractivity contribution in [3.8, 4) is 5.75 Å². The third-order valence-corrected chi connectivity index (χ3v) is 4.52.